The third-order valence-electron chi connectivity index (χ3n) is 2.84. The molecule has 1 rings (SSSR count). The minimum Gasteiger partial charge on any atom is -0.329 e. The summed E-state index contributed by atoms with van der Waals surface area (Å²) in [6.07, 6.45) is 2.14. The van der Waals surface area contributed by atoms with Crippen LogP contribution in [0.1, 0.15) is 21.4 Å². The van der Waals surface area contributed by atoms with Crippen LogP contribution >= 0.6 is 23.1 Å². The molecule has 0 aliphatic heterocycles. The Labute approximate surface area is 107 Å². The number of hydrogen-bond donors (Lipinski definition) is 1. The van der Waals surface area contributed by atoms with Gasteiger partial charge < -0.3 is 5.73 Å². The van der Waals surface area contributed by atoms with Gasteiger partial charge in [0.1, 0.15) is 0 Å². The van der Waals surface area contributed by atoms with Crippen LogP contribution < -0.4 is 5.73 Å². The van der Waals surface area contributed by atoms with Gasteiger partial charge in [-0.3, -0.25) is 4.90 Å². The van der Waals surface area contributed by atoms with Gasteiger partial charge in [0, 0.05) is 34.6 Å². The van der Waals surface area contributed by atoms with Crippen molar-refractivity contribution in [2.75, 3.05) is 32.1 Å². The largest absolute Gasteiger partial charge is 0.329 e. The van der Waals surface area contributed by atoms with E-state index in [-0.39, 0.29) is 0 Å². The fourth-order valence-corrected chi connectivity index (χ4v) is 3.37. The van der Waals surface area contributed by atoms with Gasteiger partial charge >= 0.3 is 0 Å². The zero-order chi connectivity index (χ0) is 12.1. The smallest absolute Gasteiger partial charge is 0.0478 e. The van der Waals surface area contributed by atoms with E-state index in [2.05, 4.69) is 38.1 Å². The Bertz CT molecular complexity index is 323. The summed E-state index contributed by atoms with van der Waals surface area (Å²) in [6, 6.07) is 2.66. The summed E-state index contributed by atoms with van der Waals surface area (Å²) in [5, 5.41) is 0. The summed E-state index contributed by atoms with van der Waals surface area (Å²) in [6.45, 7) is 6.15. The summed E-state index contributed by atoms with van der Waals surface area (Å²) in [4.78, 5) is 5.15. The van der Waals surface area contributed by atoms with E-state index in [0.29, 0.717) is 12.6 Å². The molecular formula is C12H22N2S2. The number of thiophene rings is 1. The Hall–Kier alpha value is -0.0300. The monoisotopic (exact) mass is 258 g/mol. The van der Waals surface area contributed by atoms with Crippen LogP contribution in [0.2, 0.25) is 0 Å². The van der Waals surface area contributed by atoms with E-state index in [0.717, 1.165) is 12.3 Å². The van der Waals surface area contributed by atoms with Crippen molar-refractivity contribution in [3.63, 3.8) is 0 Å². The first-order chi connectivity index (χ1) is 7.60. The van der Waals surface area contributed by atoms with Crippen LogP contribution in [0, 0.1) is 13.8 Å². The molecule has 1 atom stereocenters. The molecule has 1 aromatic rings. The molecule has 0 aromatic carbocycles. The summed E-state index contributed by atoms with van der Waals surface area (Å²) in [5.74, 6) is 1.16. The molecule has 4 heteroatoms. The Balaban J connectivity index is 2.77. The van der Waals surface area contributed by atoms with Crippen molar-refractivity contribution in [3.8, 4) is 0 Å². The molecule has 0 radical (unpaired) electrons. The van der Waals surface area contributed by atoms with Crippen molar-refractivity contribution in [1.82, 2.24) is 4.90 Å². The Kier molecular flexibility index (Phi) is 5.83. The van der Waals surface area contributed by atoms with E-state index in [1.54, 1.807) is 0 Å². The second kappa shape index (κ2) is 6.64. The van der Waals surface area contributed by atoms with Crippen molar-refractivity contribution >= 4 is 23.1 Å². The fourth-order valence-electron chi connectivity index (χ4n) is 1.92. The number of nitrogens with two attached hydrogens (primary N) is 1. The maximum absolute atomic E-state index is 5.91. The number of likely N-dealkylation sites (N-methyl/N-ethyl adjacent to an activating group) is 1. The van der Waals surface area contributed by atoms with E-state index in [1.807, 2.05) is 23.1 Å². The summed E-state index contributed by atoms with van der Waals surface area (Å²) in [7, 11) is 2.17. The van der Waals surface area contributed by atoms with Crippen LogP contribution in [0.5, 0.6) is 0 Å². The SMILES string of the molecule is CSCCN(C)C(CN)c1cc(C)sc1C. The van der Waals surface area contributed by atoms with Crippen molar-refractivity contribution in [1.29, 1.82) is 0 Å². The van der Waals surface area contributed by atoms with Crippen LogP contribution in [0.15, 0.2) is 6.07 Å². The van der Waals surface area contributed by atoms with Gasteiger partial charge in [-0.15, -0.1) is 11.3 Å². The number of hydrogen-bond acceptors (Lipinski definition) is 4. The molecule has 1 heterocycles. The van der Waals surface area contributed by atoms with Gasteiger partial charge in [-0.2, -0.15) is 11.8 Å². The van der Waals surface area contributed by atoms with Gasteiger partial charge in [-0.25, -0.2) is 0 Å². The van der Waals surface area contributed by atoms with Crippen LogP contribution in [-0.2, 0) is 0 Å². The Morgan fingerprint density at radius 1 is 1.50 bits per heavy atom. The predicted octanol–water partition coefficient (Wildman–Crippen LogP) is 2.66. The van der Waals surface area contributed by atoms with Crippen molar-refractivity contribution < 1.29 is 0 Å². The minimum atomic E-state index is 0.372. The topological polar surface area (TPSA) is 29.3 Å². The molecule has 0 saturated carbocycles. The van der Waals surface area contributed by atoms with Gasteiger partial charge in [0.25, 0.3) is 0 Å². The maximum atomic E-state index is 5.91. The van der Waals surface area contributed by atoms with Gasteiger partial charge in [-0.05, 0) is 38.8 Å². The molecule has 0 aliphatic rings. The Morgan fingerprint density at radius 3 is 2.62 bits per heavy atom. The van der Waals surface area contributed by atoms with E-state index < -0.39 is 0 Å². The number of rotatable bonds is 6. The lowest BCUT2D eigenvalue weighted by atomic mass is 10.1. The first-order valence-electron chi connectivity index (χ1n) is 5.56. The molecule has 1 aromatic heterocycles. The maximum Gasteiger partial charge on any atom is 0.0478 e. The third kappa shape index (κ3) is 3.48. The normalized spacial score (nSPS) is 13.4. The Morgan fingerprint density at radius 2 is 2.19 bits per heavy atom. The van der Waals surface area contributed by atoms with Crippen molar-refractivity contribution in [2.24, 2.45) is 5.73 Å². The first-order valence-corrected chi connectivity index (χ1v) is 7.77. The highest BCUT2D eigenvalue weighted by Crippen LogP contribution is 2.28. The molecule has 1 unspecified atom stereocenters. The van der Waals surface area contributed by atoms with E-state index >= 15 is 0 Å². The lowest BCUT2D eigenvalue weighted by molar-refractivity contribution is 0.265. The van der Waals surface area contributed by atoms with E-state index in [4.69, 9.17) is 5.73 Å². The summed E-state index contributed by atoms with van der Waals surface area (Å²) >= 11 is 3.75. The molecule has 2 nitrogen and oxygen atoms in total. The summed E-state index contributed by atoms with van der Waals surface area (Å²) < 4.78 is 0. The first kappa shape index (κ1) is 14.0. The molecular weight excluding hydrogens is 236 g/mol. The molecule has 92 valence electrons. The average Bonchev–Trinajstić information content (AvgIpc) is 2.56. The van der Waals surface area contributed by atoms with Crippen LogP contribution in [0.4, 0.5) is 0 Å². The zero-order valence-electron chi connectivity index (χ0n) is 10.6. The third-order valence-corrected chi connectivity index (χ3v) is 4.41. The number of aryl methyl sites for hydroxylation is 2. The van der Waals surface area contributed by atoms with Crippen LogP contribution in [-0.4, -0.2) is 37.0 Å². The highest BCUT2D eigenvalue weighted by molar-refractivity contribution is 7.98. The molecule has 16 heavy (non-hydrogen) atoms. The quantitative estimate of drug-likeness (QED) is 0.850. The van der Waals surface area contributed by atoms with Gasteiger partial charge in [-0.1, -0.05) is 0 Å². The van der Waals surface area contributed by atoms with Gasteiger partial charge in [0.05, 0.1) is 0 Å². The molecule has 0 saturated heterocycles. The predicted molar refractivity (Wildman–Crippen MR) is 76.6 cm³/mol. The molecule has 2 N–H and O–H groups in total. The molecule has 0 spiro atoms. The second-order valence-corrected chi connectivity index (χ2v) is 6.54. The second-order valence-electron chi connectivity index (χ2n) is 4.09. The summed E-state index contributed by atoms with van der Waals surface area (Å²) in [5.41, 5.74) is 7.32. The van der Waals surface area contributed by atoms with Gasteiger partial charge in [0.2, 0.25) is 0 Å². The van der Waals surface area contributed by atoms with E-state index in [1.165, 1.54) is 15.3 Å². The highest BCUT2D eigenvalue weighted by atomic mass is 32.2. The van der Waals surface area contributed by atoms with Crippen LogP contribution in [0.25, 0.3) is 0 Å². The average molecular weight is 258 g/mol. The molecule has 0 fully saturated rings. The zero-order valence-corrected chi connectivity index (χ0v) is 12.3. The van der Waals surface area contributed by atoms with Gasteiger partial charge in [0.15, 0.2) is 0 Å². The number of thioether (sulfide) groups is 1. The minimum absolute atomic E-state index is 0.372. The standard InChI is InChI=1S/C12H22N2S2/c1-9-7-11(10(2)16-9)12(8-13)14(3)5-6-15-4/h7,12H,5-6,8,13H2,1-4H3. The van der Waals surface area contributed by atoms with Crippen molar-refractivity contribution in [3.05, 3.63) is 21.4 Å². The fraction of sp³-hybridized carbons (Fsp3) is 0.667. The lowest BCUT2D eigenvalue weighted by Gasteiger charge is -2.26. The number of nitrogens with zero attached hydrogens (tertiary/aromatic N) is 1. The lowest BCUT2D eigenvalue weighted by Crippen LogP contribution is -2.32. The van der Waals surface area contributed by atoms with E-state index in [9.17, 15) is 0 Å². The highest BCUT2D eigenvalue weighted by Gasteiger charge is 2.18. The van der Waals surface area contributed by atoms with Crippen LogP contribution in [0.3, 0.4) is 0 Å². The van der Waals surface area contributed by atoms with Crippen molar-refractivity contribution in [2.45, 2.75) is 19.9 Å². The molecule has 0 amide bonds. The molecule has 0 bridgehead atoms. The molecule has 0 aliphatic carbocycles.